The van der Waals surface area contributed by atoms with Crippen LogP contribution in [0, 0.1) is 6.92 Å². The zero-order chi connectivity index (χ0) is 10.7. The molecular weight excluding hydrogens is 188 g/mol. The van der Waals surface area contributed by atoms with Gasteiger partial charge < -0.3 is 10.1 Å². The van der Waals surface area contributed by atoms with Crippen molar-refractivity contribution in [3.63, 3.8) is 0 Å². The van der Waals surface area contributed by atoms with Crippen LogP contribution in [0.25, 0.3) is 0 Å². The average Bonchev–Trinajstić information content (AvgIpc) is 2.30. The maximum absolute atomic E-state index is 5.11. The fourth-order valence-electron chi connectivity index (χ4n) is 2.13. The minimum absolute atomic E-state index is 0.483. The van der Waals surface area contributed by atoms with Gasteiger partial charge in [-0.2, -0.15) is 0 Å². The Balaban J connectivity index is 2.19. The maximum Gasteiger partial charge on any atom is 0.213 e. The molecule has 1 aromatic rings. The predicted molar refractivity (Wildman–Crippen MR) is 60.1 cm³/mol. The standard InChI is InChI=1S/C12H18N2O/c1-9-7-12(15-2)14-8-10(9)11-5-3-4-6-13-11/h7-8,11,13H,3-6H2,1-2H3/t11-/m0/s1. The summed E-state index contributed by atoms with van der Waals surface area (Å²) < 4.78 is 5.11. The van der Waals surface area contributed by atoms with E-state index in [9.17, 15) is 0 Å². The van der Waals surface area contributed by atoms with Gasteiger partial charge in [0.1, 0.15) is 0 Å². The van der Waals surface area contributed by atoms with Crippen LogP contribution in [0.2, 0.25) is 0 Å². The van der Waals surface area contributed by atoms with Gasteiger partial charge in [0.05, 0.1) is 7.11 Å². The second-order valence-corrected chi connectivity index (χ2v) is 4.09. The first-order valence-electron chi connectivity index (χ1n) is 5.55. The van der Waals surface area contributed by atoms with Crippen LogP contribution >= 0.6 is 0 Å². The molecule has 0 aromatic carbocycles. The van der Waals surface area contributed by atoms with Gasteiger partial charge in [-0.3, -0.25) is 0 Å². The quantitative estimate of drug-likeness (QED) is 0.805. The molecule has 0 amide bonds. The highest BCUT2D eigenvalue weighted by molar-refractivity contribution is 5.30. The number of hydrogen-bond acceptors (Lipinski definition) is 3. The third-order valence-corrected chi connectivity index (χ3v) is 3.02. The van der Waals surface area contributed by atoms with E-state index in [2.05, 4.69) is 17.2 Å². The number of aryl methyl sites for hydroxylation is 1. The Morgan fingerprint density at radius 2 is 2.33 bits per heavy atom. The molecule has 82 valence electrons. The van der Waals surface area contributed by atoms with Gasteiger partial charge in [-0.1, -0.05) is 6.42 Å². The zero-order valence-electron chi connectivity index (χ0n) is 9.42. The molecule has 0 saturated carbocycles. The summed E-state index contributed by atoms with van der Waals surface area (Å²) in [5, 5.41) is 3.53. The first-order valence-corrected chi connectivity index (χ1v) is 5.55. The molecule has 3 heteroatoms. The fraction of sp³-hybridized carbons (Fsp3) is 0.583. The third kappa shape index (κ3) is 2.29. The molecule has 1 aliphatic rings. The molecule has 1 fully saturated rings. The SMILES string of the molecule is COc1cc(C)c([C@@H]2CCCCN2)cn1. The van der Waals surface area contributed by atoms with Crippen LogP contribution < -0.4 is 10.1 Å². The third-order valence-electron chi connectivity index (χ3n) is 3.02. The Labute approximate surface area is 90.9 Å². The zero-order valence-corrected chi connectivity index (χ0v) is 9.42. The van der Waals surface area contributed by atoms with E-state index in [0.29, 0.717) is 11.9 Å². The molecule has 2 heterocycles. The molecular formula is C12H18N2O. The van der Waals surface area contributed by atoms with Crippen molar-refractivity contribution in [2.24, 2.45) is 0 Å². The van der Waals surface area contributed by atoms with Gasteiger partial charge in [0.2, 0.25) is 5.88 Å². The molecule has 0 bridgehead atoms. The average molecular weight is 206 g/mol. The van der Waals surface area contributed by atoms with E-state index >= 15 is 0 Å². The van der Waals surface area contributed by atoms with E-state index in [4.69, 9.17) is 4.74 Å². The number of piperidine rings is 1. The van der Waals surface area contributed by atoms with E-state index in [1.54, 1.807) is 7.11 Å². The Morgan fingerprint density at radius 3 is 2.93 bits per heavy atom. The molecule has 1 aromatic heterocycles. The molecule has 1 N–H and O–H groups in total. The summed E-state index contributed by atoms with van der Waals surface area (Å²) in [6.07, 6.45) is 5.76. The highest BCUT2D eigenvalue weighted by Crippen LogP contribution is 2.26. The van der Waals surface area contributed by atoms with E-state index in [1.807, 2.05) is 12.3 Å². The van der Waals surface area contributed by atoms with Gasteiger partial charge in [0, 0.05) is 18.3 Å². The van der Waals surface area contributed by atoms with Crippen LogP contribution in [0.15, 0.2) is 12.3 Å². The van der Waals surface area contributed by atoms with Crippen LogP contribution in [-0.4, -0.2) is 18.6 Å². The van der Waals surface area contributed by atoms with Crippen LogP contribution in [0.3, 0.4) is 0 Å². The number of hydrogen-bond donors (Lipinski definition) is 1. The van der Waals surface area contributed by atoms with Crippen LogP contribution in [0.4, 0.5) is 0 Å². The van der Waals surface area contributed by atoms with E-state index in [-0.39, 0.29) is 0 Å². The van der Waals surface area contributed by atoms with Crippen molar-refractivity contribution in [2.45, 2.75) is 32.2 Å². The van der Waals surface area contributed by atoms with Crippen LogP contribution in [0.5, 0.6) is 5.88 Å². The molecule has 0 aliphatic carbocycles. The summed E-state index contributed by atoms with van der Waals surface area (Å²) in [6, 6.07) is 2.49. The predicted octanol–water partition coefficient (Wildman–Crippen LogP) is 2.21. The fourth-order valence-corrected chi connectivity index (χ4v) is 2.13. The lowest BCUT2D eigenvalue weighted by molar-refractivity contribution is 0.391. The summed E-state index contributed by atoms with van der Waals surface area (Å²) in [5.74, 6) is 0.701. The van der Waals surface area contributed by atoms with Crippen LogP contribution in [-0.2, 0) is 0 Å². The molecule has 15 heavy (non-hydrogen) atoms. The lowest BCUT2D eigenvalue weighted by Crippen LogP contribution is -2.27. The second-order valence-electron chi connectivity index (χ2n) is 4.09. The van der Waals surface area contributed by atoms with Crippen molar-refractivity contribution in [2.75, 3.05) is 13.7 Å². The van der Waals surface area contributed by atoms with E-state index < -0.39 is 0 Å². The molecule has 3 nitrogen and oxygen atoms in total. The summed E-state index contributed by atoms with van der Waals surface area (Å²) in [4.78, 5) is 4.27. The normalized spacial score (nSPS) is 21.3. The van der Waals surface area contributed by atoms with Crippen molar-refractivity contribution < 1.29 is 4.74 Å². The minimum atomic E-state index is 0.483. The van der Waals surface area contributed by atoms with Crippen LogP contribution in [0.1, 0.15) is 36.4 Å². The first-order chi connectivity index (χ1) is 7.31. The van der Waals surface area contributed by atoms with Gasteiger partial charge in [0.15, 0.2) is 0 Å². The minimum Gasteiger partial charge on any atom is -0.481 e. The number of nitrogens with zero attached hydrogens (tertiary/aromatic N) is 1. The molecule has 2 rings (SSSR count). The molecule has 0 spiro atoms. The number of methoxy groups -OCH3 is 1. The first kappa shape index (κ1) is 10.4. The molecule has 0 unspecified atom stereocenters. The van der Waals surface area contributed by atoms with Crippen molar-refractivity contribution in [3.8, 4) is 5.88 Å². The molecule has 1 atom stereocenters. The topological polar surface area (TPSA) is 34.1 Å². The number of ether oxygens (including phenoxy) is 1. The largest absolute Gasteiger partial charge is 0.481 e. The summed E-state index contributed by atoms with van der Waals surface area (Å²) in [5.41, 5.74) is 2.58. The number of pyridine rings is 1. The Morgan fingerprint density at radius 1 is 1.47 bits per heavy atom. The Hall–Kier alpha value is -1.09. The lowest BCUT2D eigenvalue weighted by Gasteiger charge is -2.25. The van der Waals surface area contributed by atoms with Gasteiger partial charge in [0.25, 0.3) is 0 Å². The van der Waals surface area contributed by atoms with Crippen molar-refractivity contribution >= 4 is 0 Å². The Kier molecular flexibility index (Phi) is 3.21. The number of aromatic nitrogens is 1. The number of nitrogens with one attached hydrogen (secondary N) is 1. The monoisotopic (exact) mass is 206 g/mol. The molecule has 0 radical (unpaired) electrons. The van der Waals surface area contributed by atoms with Gasteiger partial charge in [-0.15, -0.1) is 0 Å². The van der Waals surface area contributed by atoms with Gasteiger partial charge in [-0.05, 0) is 37.4 Å². The van der Waals surface area contributed by atoms with Crippen molar-refractivity contribution in [1.29, 1.82) is 0 Å². The summed E-state index contributed by atoms with van der Waals surface area (Å²) in [6.45, 7) is 3.24. The lowest BCUT2D eigenvalue weighted by atomic mass is 9.96. The smallest absolute Gasteiger partial charge is 0.213 e. The van der Waals surface area contributed by atoms with Gasteiger partial charge in [-0.25, -0.2) is 4.98 Å². The van der Waals surface area contributed by atoms with E-state index in [1.165, 1.54) is 30.4 Å². The second kappa shape index (κ2) is 4.62. The Bertz CT molecular complexity index is 332. The maximum atomic E-state index is 5.11. The highest BCUT2D eigenvalue weighted by Gasteiger charge is 2.16. The van der Waals surface area contributed by atoms with Gasteiger partial charge >= 0.3 is 0 Å². The summed E-state index contributed by atoms with van der Waals surface area (Å²) in [7, 11) is 1.65. The summed E-state index contributed by atoms with van der Waals surface area (Å²) >= 11 is 0. The highest BCUT2D eigenvalue weighted by atomic mass is 16.5. The van der Waals surface area contributed by atoms with E-state index in [0.717, 1.165) is 6.54 Å². The molecule has 1 aliphatic heterocycles. The molecule has 1 saturated heterocycles. The van der Waals surface area contributed by atoms with Crippen molar-refractivity contribution in [3.05, 3.63) is 23.4 Å². The number of rotatable bonds is 2. The van der Waals surface area contributed by atoms with Crippen molar-refractivity contribution in [1.82, 2.24) is 10.3 Å².